The van der Waals surface area contributed by atoms with Gasteiger partial charge < -0.3 is 14.5 Å². The summed E-state index contributed by atoms with van der Waals surface area (Å²) in [5, 5.41) is 0. The topological polar surface area (TPSA) is 70.2 Å². The molecule has 2 fully saturated rings. The fraction of sp³-hybridized carbons (Fsp3) is 0.632. The summed E-state index contributed by atoms with van der Waals surface area (Å²) in [6.07, 6.45) is 1.43. The van der Waals surface area contributed by atoms with Crippen LogP contribution in [0.5, 0.6) is 5.75 Å². The molecule has 1 aromatic rings. The zero-order valence-corrected chi connectivity index (χ0v) is 17.2. The number of nitrogens with zero attached hydrogens (tertiary/aromatic N) is 3. The van der Waals surface area contributed by atoms with Crippen LogP contribution < -0.4 is 4.74 Å². The maximum Gasteiger partial charge on any atom is 0.246 e. The number of rotatable bonds is 4. The molecule has 150 valence electrons. The smallest absolute Gasteiger partial charge is 0.246 e. The first kappa shape index (κ1) is 20.1. The van der Waals surface area contributed by atoms with Crippen molar-refractivity contribution >= 4 is 15.9 Å². The van der Waals surface area contributed by atoms with Gasteiger partial charge in [-0.1, -0.05) is 6.07 Å². The summed E-state index contributed by atoms with van der Waals surface area (Å²) in [5.74, 6) is 0.153. The molecule has 0 aliphatic carbocycles. The molecule has 8 heteroatoms. The second-order valence-electron chi connectivity index (χ2n) is 7.49. The molecule has 0 N–H and O–H groups in total. The van der Waals surface area contributed by atoms with Gasteiger partial charge in [0.15, 0.2) is 0 Å². The minimum absolute atomic E-state index is 0.0826. The highest BCUT2D eigenvalue weighted by molar-refractivity contribution is 7.89. The Hall–Kier alpha value is -1.64. The normalized spacial score (nSPS) is 22.6. The fourth-order valence-electron chi connectivity index (χ4n) is 3.77. The first-order valence-electron chi connectivity index (χ1n) is 9.45. The Labute approximate surface area is 161 Å². The summed E-state index contributed by atoms with van der Waals surface area (Å²) in [5.41, 5.74) is 0.858. The lowest BCUT2D eigenvalue weighted by Gasteiger charge is -2.37. The van der Waals surface area contributed by atoms with Crippen LogP contribution in [0.3, 0.4) is 0 Å². The number of piperazine rings is 1. The number of carbonyl (C=O) groups excluding carboxylic acids is 1. The third kappa shape index (κ3) is 4.28. The minimum Gasteiger partial charge on any atom is -0.495 e. The number of amides is 1. The van der Waals surface area contributed by atoms with Crippen LogP contribution in [-0.2, 0) is 14.8 Å². The molecule has 1 amide bonds. The van der Waals surface area contributed by atoms with Crippen LogP contribution in [-0.4, -0.2) is 81.9 Å². The molecule has 2 aliphatic rings. The molecule has 0 unspecified atom stereocenters. The summed E-state index contributed by atoms with van der Waals surface area (Å²) in [4.78, 5) is 17.2. The summed E-state index contributed by atoms with van der Waals surface area (Å²) in [6.45, 7) is 5.68. The molecule has 0 radical (unpaired) electrons. The molecule has 27 heavy (non-hydrogen) atoms. The first-order valence-corrected chi connectivity index (χ1v) is 10.9. The Kier molecular flexibility index (Phi) is 6.08. The minimum atomic E-state index is -3.70. The molecule has 0 bridgehead atoms. The third-order valence-electron chi connectivity index (χ3n) is 5.49. The molecule has 2 heterocycles. The summed E-state index contributed by atoms with van der Waals surface area (Å²) >= 11 is 0. The first-order chi connectivity index (χ1) is 12.8. The predicted molar refractivity (Wildman–Crippen MR) is 103 cm³/mol. The van der Waals surface area contributed by atoms with Gasteiger partial charge in [-0.15, -0.1) is 0 Å². The molecular weight excluding hydrogens is 366 g/mol. The van der Waals surface area contributed by atoms with E-state index in [-0.39, 0.29) is 23.3 Å². The number of methoxy groups -OCH3 is 1. The van der Waals surface area contributed by atoms with Gasteiger partial charge in [-0.25, -0.2) is 8.42 Å². The van der Waals surface area contributed by atoms with E-state index in [9.17, 15) is 13.2 Å². The van der Waals surface area contributed by atoms with E-state index in [0.717, 1.165) is 25.1 Å². The van der Waals surface area contributed by atoms with E-state index in [4.69, 9.17) is 4.74 Å². The maximum absolute atomic E-state index is 13.2. The molecule has 0 spiro atoms. The molecule has 0 saturated carbocycles. The predicted octanol–water partition coefficient (Wildman–Crippen LogP) is 1.18. The molecular formula is C19H29N3O4S. The highest BCUT2D eigenvalue weighted by atomic mass is 32.2. The van der Waals surface area contributed by atoms with Gasteiger partial charge in [0.2, 0.25) is 15.9 Å². The van der Waals surface area contributed by atoms with E-state index in [1.807, 2.05) is 24.9 Å². The van der Waals surface area contributed by atoms with Crippen molar-refractivity contribution in [3.8, 4) is 5.75 Å². The number of aryl methyl sites for hydroxylation is 1. The van der Waals surface area contributed by atoms with Crippen molar-refractivity contribution in [2.75, 3.05) is 53.4 Å². The summed E-state index contributed by atoms with van der Waals surface area (Å²) < 4.78 is 33.2. The van der Waals surface area contributed by atoms with Gasteiger partial charge in [0, 0.05) is 39.3 Å². The average molecular weight is 396 g/mol. The number of hydrogen-bond acceptors (Lipinski definition) is 5. The molecule has 0 aromatic heterocycles. The van der Waals surface area contributed by atoms with Crippen molar-refractivity contribution in [3.05, 3.63) is 23.8 Å². The highest BCUT2D eigenvalue weighted by Gasteiger charge is 2.36. The van der Waals surface area contributed by atoms with Gasteiger partial charge in [-0.05, 0) is 44.5 Å². The Morgan fingerprint density at radius 3 is 2.52 bits per heavy atom. The van der Waals surface area contributed by atoms with Crippen LogP contribution in [0.2, 0.25) is 0 Å². The van der Waals surface area contributed by atoms with Crippen molar-refractivity contribution in [2.45, 2.75) is 24.7 Å². The lowest BCUT2D eigenvalue weighted by molar-refractivity contribution is -0.138. The Morgan fingerprint density at radius 2 is 1.85 bits per heavy atom. The zero-order chi connectivity index (χ0) is 19.6. The number of sulfonamides is 1. The van der Waals surface area contributed by atoms with E-state index < -0.39 is 10.0 Å². The molecule has 2 saturated heterocycles. The van der Waals surface area contributed by atoms with Crippen LogP contribution >= 0.6 is 0 Å². The number of likely N-dealkylation sites (N-methyl/N-ethyl adjacent to an activating group) is 1. The van der Waals surface area contributed by atoms with Crippen molar-refractivity contribution in [1.82, 2.24) is 14.1 Å². The quantitative estimate of drug-likeness (QED) is 0.766. The third-order valence-corrected chi connectivity index (χ3v) is 7.37. The van der Waals surface area contributed by atoms with Crippen molar-refractivity contribution < 1.29 is 17.9 Å². The zero-order valence-electron chi connectivity index (χ0n) is 16.3. The van der Waals surface area contributed by atoms with Crippen molar-refractivity contribution in [2.24, 2.45) is 5.92 Å². The standard InChI is InChI=1S/C19H29N3O4S/c1-15-6-7-17(26-3)18(13-15)27(24,25)22-8-4-5-16(14-22)19(23)21-11-9-20(2)10-12-21/h6-7,13,16H,4-5,8-12,14H2,1-3H3/t16-/m1/s1. The molecule has 1 aromatic carbocycles. The van der Waals surface area contributed by atoms with Gasteiger partial charge in [0.1, 0.15) is 10.6 Å². The number of ether oxygens (including phenoxy) is 1. The largest absolute Gasteiger partial charge is 0.495 e. The molecule has 3 rings (SSSR count). The van der Waals surface area contributed by atoms with Gasteiger partial charge in [0.25, 0.3) is 0 Å². The fourth-order valence-corrected chi connectivity index (χ4v) is 5.54. The van der Waals surface area contributed by atoms with E-state index in [1.54, 1.807) is 12.1 Å². The number of piperidine rings is 1. The van der Waals surface area contributed by atoms with Crippen LogP contribution in [0.15, 0.2) is 23.1 Å². The van der Waals surface area contributed by atoms with Crippen LogP contribution in [0, 0.1) is 12.8 Å². The SMILES string of the molecule is COc1ccc(C)cc1S(=O)(=O)N1CCC[C@@H](C(=O)N2CCN(C)CC2)C1. The molecule has 7 nitrogen and oxygen atoms in total. The lowest BCUT2D eigenvalue weighted by Crippen LogP contribution is -2.52. The summed E-state index contributed by atoms with van der Waals surface area (Å²) in [7, 11) is -0.184. The van der Waals surface area contributed by atoms with Gasteiger partial charge in [0.05, 0.1) is 13.0 Å². The maximum atomic E-state index is 13.2. The molecule has 2 aliphatic heterocycles. The average Bonchev–Trinajstić information content (AvgIpc) is 2.68. The van der Waals surface area contributed by atoms with Crippen molar-refractivity contribution in [1.29, 1.82) is 0 Å². The highest BCUT2D eigenvalue weighted by Crippen LogP contribution is 2.31. The Bertz CT molecular complexity index is 788. The van der Waals surface area contributed by atoms with Crippen LogP contribution in [0.25, 0.3) is 0 Å². The number of hydrogen-bond donors (Lipinski definition) is 0. The van der Waals surface area contributed by atoms with Crippen molar-refractivity contribution in [3.63, 3.8) is 0 Å². The van der Waals surface area contributed by atoms with Crippen LogP contribution in [0.1, 0.15) is 18.4 Å². The lowest BCUT2D eigenvalue weighted by atomic mass is 9.98. The number of carbonyl (C=O) groups is 1. The van der Waals surface area contributed by atoms with E-state index in [2.05, 4.69) is 4.90 Å². The van der Waals surface area contributed by atoms with Gasteiger partial charge in [-0.2, -0.15) is 4.31 Å². The van der Waals surface area contributed by atoms with Crippen LogP contribution in [0.4, 0.5) is 0 Å². The van der Waals surface area contributed by atoms with E-state index in [0.29, 0.717) is 31.8 Å². The second-order valence-corrected chi connectivity index (χ2v) is 9.39. The van der Waals surface area contributed by atoms with Gasteiger partial charge in [-0.3, -0.25) is 4.79 Å². The van der Waals surface area contributed by atoms with E-state index >= 15 is 0 Å². The second kappa shape index (κ2) is 8.16. The summed E-state index contributed by atoms with van der Waals surface area (Å²) in [6, 6.07) is 5.15. The van der Waals surface area contributed by atoms with Gasteiger partial charge >= 0.3 is 0 Å². The van der Waals surface area contributed by atoms with E-state index in [1.165, 1.54) is 11.4 Å². The Morgan fingerprint density at radius 1 is 1.15 bits per heavy atom. The molecule has 1 atom stereocenters. The Balaban J connectivity index is 1.77. The monoisotopic (exact) mass is 395 g/mol. The number of benzene rings is 1.